The van der Waals surface area contributed by atoms with Crippen LogP contribution in [0.2, 0.25) is 0 Å². The minimum Gasteiger partial charge on any atom is -0.496 e. The van der Waals surface area contributed by atoms with Gasteiger partial charge in [0.05, 0.1) is 23.9 Å². The van der Waals surface area contributed by atoms with Crippen LogP contribution in [0.1, 0.15) is 16.1 Å². The van der Waals surface area contributed by atoms with E-state index in [0.717, 1.165) is 21.5 Å². The van der Waals surface area contributed by atoms with E-state index in [0.29, 0.717) is 12.2 Å². The first-order valence-corrected chi connectivity index (χ1v) is 8.68. The fourth-order valence-electron chi connectivity index (χ4n) is 2.62. The predicted octanol–water partition coefficient (Wildman–Crippen LogP) is 2.29. The van der Waals surface area contributed by atoms with Crippen molar-refractivity contribution in [3.8, 4) is 5.75 Å². The van der Waals surface area contributed by atoms with Crippen LogP contribution in [0.4, 0.5) is 0 Å². The van der Waals surface area contributed by atoms with E-state index in [1.165, 1.54) is 0 Å². The molecule has 0 saturated carbocycles. The molecule has 0 spiro atoms. The maximum atomic E-state index is 12.3. The number of aryl methyl sites for hydroxylation is 1. The monoisotopic (exact) mass is 357 g/mol. The summed E-state index contributed by atoms with van der Waals surface area (Å²) < 4.78 is 8.12. The molecule has 2 aromatic heterocycles. The summed E-state index contributed by atoms with van der Waals surface area (Å²) in [6.07, 6.45) is 0. The number of thiophene rings is 1. The number of rotatable bonds is 6. The van der Waals surface area contributed by atoms with E-state index in [4.69, 9.17) is 4.74 Å². The Bertz CT molecular complexity index is 913. The molecule has 25 heavy (non-hydrogen) atoms. The van der Waals surface area contributed by atoms with Gasteiger partial charge in [-0.3, -0.25) is 9.59 Å². The zero-order valence-corrected chi connectivity index (χ0v) is 14.9. The zero-order chi connectivity index (χ0) is 17.8. The van der Waals surface area contributed by atoms with Crippen molar-refractivity contribution in [2.24, 2.45) is 7.05 Å². The van der Waals surface area contributed by atoms with Gasteiger partial charge in [0.1, 0.15) is 11.4 Å². The molecule has 6 nitrogen and oxygen atoms in total. The number of hydrogen-bond acceptors (Lipinski definition) is 4. The van der Waals surface area contributed by atoms with E-state index in [1.54, 1.807) is 18.4 Å². The molecular formula is C18H19N3O3S. The van der Waals surface area contributed by atoms with Gasteiger partial charge in [0.25, 0.3) is 5.91 Å². The topological polar surface area (TPSA) is 72.4 Å². The molecule has 0 fully saturated rings. The van der Waals surface area contributed by atoms with Crippen LogP contribution in [0, 0.1) is 0 Å². The second kappa shape index (κ2) is 7.40. The van der Waals surface area contributed by atoms with E-state index in [1.807, 2.05) is 53.4 Å². The minimum absolute atomic E-state index is 0.0766. The SMILES string of the molecule is COc1ccccc1CNC(=O)CNC(=O)c1cc2sccc2n1C. The zero-order valence-electron chi connectivity index (χ0n) is 14.0. The summed E-state index contributed by atoms with van der Waals surface area (Å²) in [4.78, 5) is 24.3. The van der Waals surface area contributed by atoms with Gasteiger partial charge in [-0.2, -0.15) is 0 Å². The van der Waals surface area contributed by atoms with Crippen molar-refractivity contribution in [1.82, 2.24) is 15.2 Å². The highest BCUT2D eigenvalue weighted by atomic mass is 32.1. The number of nitrogens with one attached hydrogen (secondary N) is 2. The number of ether oxygens (including phenoxy) is 1. The highest BCUT2D eigenvalue weighted by Gasteiger charge is 2.15. The van der Waals surface area contributed by atoms with E-state index >= 15 is 0 Å². The van der Waals surface area contributed by atoms with Crippen LogP contribution in [-0.2, 0) is 18.4 Å². The third-order valence-corrected chi connectivity index (χ3v) is 4.83. The number of carbonyl (C=O) groups excluding carboxylic acids is 2. The molecule has 0 saturated heterocycles. The number of amides is 2. The molecule has 130 valence electrons. The van der Waals surface area contributed by atoms with Gasteiger partial charge in [-0.1, -0.05) is 18.2 Å². The summed E-state index contributed by atoms with van der Waals surface area (Å²) in [6, 6.07) is 11.3. The van der Waals surface area contributed by atoms with E-state index in [-0.39, 0.29) is 18.4 Å². The Hall–Kier alpha value is -2.80. The van der Waals surface area contributed by atoms with Crippen molar-refractivity contribution < 1.29 is 14.3 Å². The number of fused-ring (bicyclic) bond motifs is 1. The van der Waals surface area contributed by atoms with Gasteiger partial charge in [0, 0.05) is 19.2 Å². The lowest BCUT2D eigenvalue weighted by Crippen LogP contribution is -2.37. The Morgan fingerprint density at radius 3 is 2.76 bits per heavy atom. The lowest BCUT2D eigenvalue weighted by Gasteiger charge is -2.10. The maximum absolute atomic E-state index is 12.3. The van der Waals surface area contributed by atoms with Crippen LogP contribution in [0.5, 0.6) is 5.75 Å². The first kappa shape index (κ1) is 17.0. The fraction of sp³-hybridized carbons (Fsp3) is 0.222. The van der Waals surface area contributed by atoms with Crippen molar-refractivity contribution in [2.45, 2.75) is 6.54 Å². The van der Waals surface area contributed by atoms with Crippen LogP contribution < -0.4 is 15.4 Å². The number of methoxy groups -OCH3 is 1. The average molecular weight is 357 g/mol. The van der Waals surface area contributed by atoms with Crippen LogP contribution in [-0.4, -0.2) is 30.0 Å². The smallest absolute Gasteiger partial charge is 0.268 e. The lowest BCUT2D eigenvalue weighted by atomic mass is 10.2. The molecule has 0 radical (unpaired) electrons. The van der Waals surface area contributed by atoms with Gasteiger partial charge >= 0.3 is 0 Å². The number of benzene rings is 1. The number of carbonyl (C=O) groups is 2. The highest BCUT2D eigenvalue weighted by molar-refractivity contribution is 7.17. The summed E-state index contributed by atoms with van der Waals surface area (Å²) in [5.74, 6) is 0.198. The molecule has 7 heteroatoms. The summed E-state index contributed by atoms with van der Waals surface area (Å²) in [7, 11) is 3.43. The third-order valence-electron chi connectivity index (χ3n) is 3.97. The summed E-state index contributed by atoms with van der Waals surface area (Å²) in [6.45, 7) is 0.269. The quantitative estimate of drug-likeness (QED) is 0.711. The second-order valence-corrected chi connectivity index (χ2v) is 6.48. The molecule has 3 aromatic rings. The Morgan fingerprint density at radius 1 is 1.20 bits per heavy atom. The molecule has 3 rings (SSSR count). The van der Waals surface area contributed by atoms with Crippen molar-refractivity contribution >= 4 is 33.4 Å². The number of para-hydroxylation sites is 1. The number of hydrogen-bond donors (Lipinski definition) is 2. The van der Waals surface area contributed by atoms with Gasteiger partial charge in [-0.15, -0.1) is 11.3 Å². The molecule has 2 N–H and O–H groups in total. The van der Waals surface area contributed by atoms with Crippen LogP contribution in [0.3, 0.4) is 0 Å². The van der Waals surface area contributed by atoms with Crippen LogP contribution in [0.15, 0.2) is 41.8 Å². The van der Waals surface area contributed by atoms with Gasteiger partial charge in [0.2, 0.25) is 5.91 Å². The number of nitrogens with zero attached hydrogens (tertiary/aromatic N) is 1. The van der Waals surface area contributed by atoms with Crippen molar-refractivity contribution in [2.75, 3.05) is 13.7 Å². The first-order chi connectivity index (χ1) is 12.1. The van der Waals surface area contributed by atoms with Crippen LogP contribution >= 0.6 is 11.3 Å². The van der Waals surface area contributed by atoms with Crippen LogP contribution in [0.25, 0.3) is 10.2 Å². The molecule has 2 heterocycles. The largest absolute Gasteiger partial charge is 0.496 e. The van der Waals surface area contributed by atoms with Crippen molar-refractivity contribution in [1.29, 1.82) is 0 Å². The Morgan fingerprint density at radius 2 is 2.00 bits per heavy atom. The normalized spacial score (nSPS) is 10.6. The maximum Gasteiger partial charge on any atom is 0.268 e. The first-order valence-electron chi connectivity index (χ1n) is 7.80. The molecule has 0 aliphatic rings. The molecule has 0 aliphatic heterocycles. The minimum atomic E-state index is -0.265. The average Bonchev–Trinajstić information content (AvgIpc) is 3.21. The number of aromatic nitrogens is 1. The Kier molecular flexibility index (Phi) is 5.04. The highest BCUT2D eigenvalue weighted by Crippen LogP contribution is 2.24. The third kappa shape index (κ3) is 3.66. The van der Waals surface area contributed by atoms with Gasteiger partial charge in [0.15, 0.2) is 0 Å². The Labute approximate surface area is 149 Å². The predicted molar refractivity (Wildman–Crippen MR) is 98.0 cm³/mol. The molecule has 2 amide bonds. The summed E-state index contributed by atoms with van der Waals surface area (Å²) in [5.41, 5.74) is 2.43. The molecule has 1 aromatic carbocycles. The van der Waals surface area contributed by atoms with Gasteiger partial charge in [-0.25, -0.2) is 0 Å². The van der Waals surface area contributed by atoms with Gasteiger partial charge in [-0.05, 0) is 23.6 Å². The second-order valence-electron chi connectivity index (χ2n) is 5.53. The van der Waals surface area contributed by atoms with Crippen molar-refractivity contribution in [3.63, 3.8) is 0 Å². The molecule has 0 atom stereocenters. The van der Waals surface area contributed by atoms with E-state index in [2.05, 4.69) is 10.6 Å². The molecule has 0 unspecified atom stereocenters. The Balaban J connectivity index is 1.54. The standard InChI is InChI=1S/C18H19N3O3S/c1-21-13-7-8-25-16(13)9-14(21)18(23)20-11-17(22)19-10-12-5-3-4-6-15(12)24-2/h3-9H,10-11H2,1-2H3,(H,19,22)(H,20,23). The summed E-state index contributed by atoms with van der Waals surface area (Å²) >= 11 is 1.58. The summed E-state index contributed by atoms with van der Waals surface area (Å²) in [5, 5.41) is 7.42. The lowest BCUT2D eigenvalue weighted by molar-refractivity contribution is -0.120. The fourth-order valence-corrected chi connectivity index (χ4v) is 3.47. The van der Waals surface area contributed by atoms with Gasteiger partial charge < -0.3 is 19.9 Å². The molecule has 0 aliphatic carbocycles. The van der Waals surface area contributed by atoms with Crippen molar-refractivity contribution in [3.05, 3.63) is 53.0 Å². The van der Waals surface area contributed by atoms with E-state index < -0.39 is 0 Å². The van der Waals surface area contributed by atoms with E-state index in [9.17, 15) is 9.59 Å². The molecule has 0 bridgehead atoms. The molecular weight excluding hydrogens is 338 g/mol.